The minimum atomic E-state index is -0.448. The van der Waals surface area contributed by atoms with Crippen molar-refractivity contribution in [2.24, 2.45) is 7.05 Å². The number of amides is 2. The van der Waals surface area contributed by atoms with Gasteiger partial charge >= 0.3 is 0 Å². The molecule has 0 aliphatic heterocycles. The van der Waals surface area contributed by atoms with Gasteiger partial charge in [0.15, 0.2) is 5.82 Å². The fourth-order valence-corrected chi connectivity index (χ4v) is 4.39. The van der Waals surface area contributed by atoms with Gasteiger partial charge < -0.3 is 10.6 Å². The maximum Gasteiger partial charge on any atom is 0.270 e. The maximum absolute atomic E-state index is 13.5. The predicted octanol–water partition coefficient (Wildman–Crippen LogP) is 3.07. The number of carbonyl (C=O) groups is 2. The van der Waals surface area contributed by atoms with Crippen LogP contribution >= 0.6 is 0 Å². The predicted molar refractivity (Wildman–Crippen MR) is 129 cm³/mol. The third-order valence-corrected chi connectivity index (χ3v) is 6.30. The van der Waals surface area contributed by atoms with Crippen LogP contribution in [0.15, 0.2) is 55.1 Å². The molecule has 2 aromatic heterocycles. The fourth-order valence-electron chi connectivity index (χ4n) is 4.39. The first-order valence-corrected chi connectivity index (χ1v) is 11.5. The number of hydrogen-bond donors (Lipinski definition) is 2. The van der Waals surface area contributed by atoms with Crippen LogP contribution in [0.5, 0.6) is 0 Å². The summed E-state index contributed by atoms with van der Waals surface area (Å²) in [5.74, 6) is -0.342. The molecule has 10 heteroatoms. The van der Waals surface area contributed by atoms with E-state index in [4.69, 9.17) is 0 Å². The molecule has 5 rings (SSSR count). The van der Waals surface area contributed by atoms with Gasteiger partial charge in [-0.15, -0.1) is 0 Å². The molecule has 1 atom stereocenters. The number of benzene rings is 2. The highest BCUT2D eigenvalue weighted by molar-refractivity contribution is 5.97. The van der Waals surface area contributed by atoms with Crippen LogP contribution in [0.1, 0.15) is 55.7 Å². The van der Waals surface area contributed by atoms with Gasteiger partial charge in [-0.05, 0) is 54.2 Å². The smallest absolute Gasteiger partial charge is 0.270 e. The van der Waals surface area contributed by atoms with Gasteiger partial charge in [0.2, 0.25) is 0 Å². The molecule has 4 aromatic rings. The first-order chi connectivity index (χ1) is 17.4. The summed E-state index contributed by atoms with van der Waals surface area (Å²) in [5.41, 5.74) is 4.63. The molecule has 1 aliphatic rings. The Morgan fingerprint density at radius 3 is 2.58 bits per heavy atom. The molecule has 0 saturated heterocycles. The van der Waals surface area contributed by atoms with Crippen molar-refractivity contribution in [3.63, 3.8) is 0 Å². The molecule has 2 heterocycles. The lowest BCUT2D eigenvalue weighted by Gasteiger charge is -2.14. The van der Waals surface area contributed by atoms with E-state index < -0.39 is 5.91 Å². The van der Waals surface area contributed by atoms with E-state index in [1.54, 1.807) is 23.7 Å². The zero-order valence-electron chi connectivity index (χ0n) is 19.8. The van der Waals surface area contributed by atoms with Crippen molar-refractivity contribution in [1.29, 1.82) is 0 Å². The summed E-state index contributed by atoms with van der Waals surface area (Å²) < 4.78 is 15.2. The lowest BCUT2D eigenvalue weighted by atomic mass is 10.0. The first-order valence-electron chi connectivity index (χ1n) is 11.5. The molecule has 2 amide bonds. The minimum Gasteiger partial charge on any atom is -0.347 e. The Bertz CT molecular complexity index is 1470. The number of nitrogens with zero attached hydrogens (tertiary/aromatic N) is 5. The Kier molecular flexibility index (Phi) is 6.24. The molecule has 1 aliphatic carbocycles. The topological polar surface area (TPSA) is 115 Å². The SMILES string of the molecule is Cc1cc(CNC(=O)c2cc(C(=O)N[C@H]3CCc4cc(-c5ncnn5C)ccc43)ncn2)ccc1F. The van der Waals surface area contributed by atoms with Crippen molar-refractivity contribution in [1.82, 2.24) is 35.4 Å². The van der Waals surface area contributed by atoms with Gasteiger partial charge in [0.1, 0.15) is 29.9 Å². The number of carbonyl (C=O) groups excluding carboxylic acids is 2. The van der Waals surface area contributed by atoms with Crippen LogP contribution in [0.3, 0.4) is 0 Å². The summed E-state index contributed by atoms with van der Waals surface area (Å²) >= 11 is 0. The number of halogens is 1. The minimum absolute atomic E-state index is 0.0779. The number of aryl methyl sites for hydroxylation is 3. The Morgan fingerprint density at radius 1 is 1.03 bits per heavy atom. The lowest BCUT2D eigenvalue weighted by Crippen LogP contribution is -2.29. The zero-order chi connectivity index (χ0) is 25.2. The Hall–Kier alpha value is -4.47. The Balaban J connectivity index is 1.25. The van der Waals surface area contributed by atoms with Crippen LogP contribution in [0.2, 0.25) is 0 Å². The van der Waals surface area contributed by atoms with Crippen LogP contribution in [-0.4, -0.2) is 36.5 Å². The molecule has 0 bridgehead atoms. The second-order valence-corrected chi connectivity index (χ2v) is 8.74. The van der Waals surface area contributed by atoms with Gasteiger partial charge in [0.25, 0.3) is 11.8 Å². The van der Waals surface area contributed by atoms with E-state index >= 15 is 0 Å². The third kappa shape index (κ3) is 4.70. The quantitative estimate of drug-likeness (QED) is 0.434. The molecule has 0 radical (unpaired) electrons. The van der Waals surface area contributed by atoms with Crippen molar-refractivity contribution >= 4 is 11.8 Å². The molecule has 0 spiro atoms. The molecule has 0 saturated carbocycles. The van der Waals surface area contributed by atoms with Gasteiger partial charge in [-0.2, -0.15) is 5.10 Å². The number of nitrogens with one attached hydrogen (secondary N) is 2. The van der Waals surface area contributed by atoms with Crippen molar-refractivity contribution < 1.29 is 14.0 Å². The van der Waals surface area contributed by atoms with Crippen molar-refractivity contribution in [3.05, 3.63) is 94.6 Å². The molecule has 36 heavy (non-hydrogen) atoms. The summed E-state index contributed by atoms with van der Waals surface area (Å²) in [6.45, 7) is 1.87. The standard InChI is InChI=1S/C26H24FN7O2/c1-15-9-16(3-7-20(15)27)12-28-25(35)22-11-23(30-13-29-22)26(36)33-21-8-5-17-10-18(4-6-19(17)21)24-31-14-32-34(24)2/h3-4,6-7,9-11,13-14,21H,5,8,12H2,1-2H3,(H,28,35)(H,33,36)/t21-/m0/s1. The van der Waals surface area contributed by atoms with E-state index in [1.807, 2.05) is 19.2 Å². The number of aromatic nitrogens is 5. The Morgan fingerprint density at radius 2 is 1.83 bits per heavy atom. The highest BCUT2D eigenvalue weighted by Gasteiger charge is 2.26. The largest absolute Gasteiger partial charge is 0.347 e. The Labute approximate surface area is 206 Å². The van der Waals surface area contributed by atoms with Crippen molar-refractivity contribution in [2.75, 3.05) is 0 Å². The van der Waals surface area contributed by atoms with Gasteiger partial charge in [0.05, 0.1) is 6.04 Å². The van der Waals surface area contributed by atoms with E-state index in [0.717, 1.165) is 40.9 Å². The van der Waals surface area contributed by atoms with E-state index in [9.17, 15) is 14.0 Å². The van der Waals surface area contributed by atoms with E-state index in [1.165, 1.54) is 24.8 Å². The number of fused-ring (bicyclic) bond motifs is 1. The maximum atomic E-state index is 13.5. The van der Waals surface area contributed by atoms with E-state index in [2.05, 4.69) is 36.8 Å². The second kappa shape index (κ2) is 9.65. The number of hydrogen-bond acceptors (Lipinski definition) is 6. The lowest BCUT2D eigenvalue weighted by molar-refractivity contribution is 0.0931. The average molecular weight is 486 g/mol. The van der Waals surface area contributed by atoms with Gasteiger partial charge in [-0.3, -0.25) is 9.59 Å². The third-order valence-electron chi connectivity index (χ3n) is 6.30. The van der Waals surface area contributed by atoms with Gasteiger partial charge in [0, 0.05) is 25.2 Å². The summed E-state index contributed by atoms with van der Waals surface area (Å²) in [6, 6.07) is 11.9. The highest BCUT2D eigenvalue weighted by Crippen LogP contribution is 2.34. The van der Waals surface area contributed by atoms with Crippen molar-refractivity contribution in [3.8, 4) is 11.4 Å². The molecular formula is C26H24FN7O2. The fraction of sp³-hybridized carbons (Fsp3) is 0.231. The van der Waals surface area contributed by atoms with Crippen LogP contribution < -0.4 is 10.6 Å². The second-order valence-electron chi connectivity index (χ2n) is 8.74. The molecule has 182 valence electrons. The van der Waals surface area contributed by atoms with Crippen LogP contribution in [-0.2, 0) is 20.0 Å². The van der Waals surface area contributed by atoms with E-state index in [0.29, 0.717) is 5.56 Å². The molecule has 0 unspecified atom stereocenters. The average Bonchev–Trinajstić information content (AvgIpc) is 3.50. The molecule has 0 fully saturated rings. The van der Waals surface area contributed by atoms with E-state index in [-0.39, 0.29) is 35.7 Å². The van der Waals surface area contributed by atoms with Gasteiger partial charge in [-0.25, -0.2) is 24.0 Å². The molecule has 9 nitrogen and oxygen atoms in total. The normalized spacial score (nSPS) is 14.4. The molecular weight excluding hydrogens is 461 g/mol. The summed E-state index contributed by atoms with van der Waals surface area (Å²) in [5, 5.41) is 9.88. The molecule has 2 aromatic carbocycles. The summed E-state index contributed by atoms with van der Waals surface area (Å²) in [7, 11) is 1.85. The van der Waals surface area contributed by atoms with Gasteiger partial charge in [-0.1, -0.05) is 24.3 Å². The highest BCUT2D eigenvalue weighted by atomic mass is 19.1. The summed E-state index contributed by atoms with van der Waals surface area (Å²) in [6.07, 6.45) is 4.30. The summed E-state index contributed by atoms with van der Waals surface area (Å²) in [4.78, 5) is 37.9. The first kappa shape index (κ1) is 23.3. The van der Waals surface area contributed by atoms with Crippen molar-refractivity contribution in [2.45, 2.75) is 32.4 Å². The van der Waals surface area contributed by atoms with Crippen LogP contribution in [0.25, 0.3) is 11.4 Å². The van der Waals surface area contributed by atoms with Crippen LogP contribution in [0, 0.1) is 12.7 Å². The monoisotopic (exact) mass is 485 g/mol. The number of rotatable bonds is 6. The zero-order valence-corrected chi connectivity index (χ0v) is 19.8. The van der Waals surface area contributed by atoms with Crippen LogP contribution in [0.4, 0.5) is 4.39 Å². The molecule has 2 N–H and O–H groups in total.